The summed E-state index contributed by atoms with van der Waals surface area (Å²) in [5, 5.41) is 2.88. The van der Waals surface area contributed by atoms with Crippen LogP contribution in [0.25, 0.3) is 0 Å². The number of hydrogen-bond donors (Lipinski definition) is 1. The van der Waals surface area contributed by atoms with Crippen LogP contribution in [0.3, 0.4) is 0 Å². The quantitative estimate of drug-likeness (QED) is 0.462. The number of fused-ring (bicyclic) bond motifs is 1. The van der Waals surface area contributed by atoms with Crippen molar-refractivity contribution in [2.24, 2.45) is 0 Å². The molecule has 3 aromatic rings. The third kappa shape index (κ3) is 6.17. The molecule has 1 aliphatic rings. The number of sulfonamides is 1. The zero-order chi connectivity index (χ0) is 28.4. The van der Waals surface area contributed by atoms with Gasteiger partial charge >= 0.3 is 0 Å². The van der Waals surface area contributed by atoms with Gasteiger partial charge in [-0.25, -0.2) is 17.1 Å². The molecule has 39 heavy (non-hydrogen) atoms. The van der Waals surface area contributed by atoms with E-state index in [9.17, 15) is 27.2 Å². The van der Waals surface area contributed by atoms with Crippen molar-refractivity contribution in [3.05, 3.63) is 101 Å². The molecule has 0 radical (unpaired) electrons. The van der Waals surface area contributed by atoms with Crippen molar-refractivity contribution in [2.75, 3.05) is 6.54 Å². The average Bonchev–Trinajstić information content (AvgIpc) is 3.07. The number of amides is 3. The predicted molar refractivity (Wildman–Crippen MR) is 143 cm³/mol. The van der Waals surface area contributed by atoms with Crippen LogP contribution in [0, 0.1) is 5.82 Å². The minimum Gasteiger partial charge on any atom is -0.350 e. The lowest BCUT2D eigenvalue weighted by Gasteiger charge is -2.34. The van der Waals surface area contributed by atoms with Gasteiger partial charge < -0.3 is 10.2 Å². The van der Waals surface area contributed by atoms with E-state index in [4.69, 9.17) is 0 Å². The number of nitrogens with one attached hydrogen (secondary N) is 1. The van der Waals surface area contributed by atoms with Gasteiger partial charge in [-0.15, -0.1) is 0 Å². The molecule has 1 unspecified atom stereocenters. The molecule has 1 heterocycles. The van der Waals surface area contributed by atoms with Crippen molar-refractivity contribution in [1.29, 1.82) is 0 Å². The highest BCUT2D eigenvalue weighted by molar-refractivity contribution is 7.90. The normalized spacial score (nSPS) is 15.0. The second-order valence-electron chi connectivity index (χ2n) is 10.4. The molecule has 1 aliphatic heterocycles. The van der Waals surface area contributed by atoms with Gasteiger partial charge in [-0.2, -0.15) is 0 Å². The van der Waals surface area contributed by atoms with Crippen molar-refractivity contribution in [3.63, 3.8) is 0 Å². The summed E-state index contributed by atoms with van der Waals surface area (Å²) in [5.74, 6) is -2.71. The van der Waals surface area contributed by atoms with Crippen molar-refractivity contribution in [3.8, 4) is 0 Å². The van der Waals surface area contributed by atoms with Gasteiger partial charge in [0.25, 0.3) is 15.9 Å². The maximum absolute atomic E-state index is 14.7. The fourth-order valence-corrected chi connectivity index (χ4v) is 5.94. The highest BCUT2D eigenvalue weighted by Gasteiger charge is 2.43. The molecule has 0 fully saturated rings. The van der Waals surface area contributed by atoms with E-state index >= 15 is 0 Å². The number of halogens is 1. The van der Waals surface area contributed by atoms with Crippen molar-refractivity contribution in [2.45, 2.75) is 50.2 Å². The Morgan fingerprint density at radius 2 is 1.56 bits per heavy atom. The van der Waals surface area contributed by atoms with Crippen LogP contribution in [0.1, 0.15) is 42.3 Å². The fraction of sp³-hybridized carbons (Fsp3) is 0.276. The van der Waals surface area contributed by atoms with E-state index in [0.29, 0.717) is 4.31 Å². The number of benzene rings is 3. The Kier molecular flexibility index (Phi) is 7.87. The molecule has 3 aromatic carbocycles. The van der Waals surface area contributed by atoms with Gasteiger partial charge in [0, 0.05) is 24.1 Å². The Balaban J connectivity index is 1.74. The van der Waals surface area contributed by atoms with Crippen LogP contribution in [0.15, 0.2) is 83.8 Å². The lowest BCUT2D eigenvalue weighted by atomic mass is 10.0. The highest BCUT2D eigenvalue weighted by Crippen LogP contribution is 2.30. The first kappa shape index (κ1) is 28.0. The Morgan fingerprint density at radius 3 is 2.21 bits per heavy atom. The first-order valence-corrected chi connectivity index (χ1v) is 13.9. The summed E-state index contributed by atoms with van der Waals surface area (Å²) in [4.78, 5) is 41.4. The first-order valence-electron chi connectivity index (χ1n) is 12.4. The Hall–Kier alpha value is -4.05. The minimum absolute atomic E-state index is 0.0303. The summed E-state index contributed by atoms with van der Waals surface area (Å²) in [6.45, 7) is 4.23. The number of rotatable bonds is 8. The van der Waals surface area contributed by atoms with Crippen LogP contribution in [-0.4, -0.2) is 53.5 Å². The third-order valence-electron chi connectivity index (χ3n) is 6.26. The molecule has 1 atom stereocenters. The molecule has 0 bridgehead atoms. The van der Waals surface area contributed by atoms with Gasteiger partial charge in [0.15, 0.2) is 0 Å². The largest absolute Gasteiger partial charge is 0.350 e. The molecule has 0 saturated heterocycles. The summed E-state index contributed by atoms with van der Waals surface area (Å²) in [6.07, 6.45) is 0.0872. The lowest BCUT2D eigenvalue weighted by Crippen LogP contribution is -2.56. The highest BCUT2D eigenvalue weighted by atomic mass is 32.2. The standard InChI is InChI=1S/C29H30FN3O5S/c1-29(2,3)31-27(35)24(17-20-11-5-4-6-12-20)32(18-21-13-7-9-15-23(21)30)26(34)19-33-28(36)22-14-8-10-16-25(22)39(33,37)38/h4-16,24H,17-19H2,1-3H3,(H,31,35). The van der Waals surface area contributed by atoms with Gasteiger partial charge in [-0.05, 0) is 44.5 Å². The number of hydrogen-bond acceptors (Lipinski definition) is 5. The third-order valence-corrected chi connectivity index (χ3v) is 8.05. The monoisotopic (exact) mass is 551 g/mol. The van der Waals surface area contributed by atoms with Crippen LogP contribution in [0.2, 0.25) is 0 Å². The molecule has 10 heteroatoms. The van der Waals surface area contributed by atoms with Gasteiger partial charge in [0.2, 0.25) is 11.8 Å². The van der Waals surface area contributed by atoms with Gasteiger partial charge in [-0.1, -0.05) is 60.7 Å². The van der Waals surface area contributed by atoms with Crippen LogP contribution in [0.4, 0.5) is 4.39 Å². The van der Waals surface area contributed by atoms with Crippen molar-refractivity contribution < 1.29 is 27.2 Å². The fourth-order valence-electron chi connectivity index (χ4n) is 4.42. The number of carbonyl (C=O) groups is 3. The van der Waals surface area contributed by atoms with Gasteiger partial charge in [0.05, 0.1) is 5.56 Å². The van der Waals surface area contributed by atoms with Crippen LogP contribution >= 0.6 is 0 Å². The Labute approximate surface area is 227 Å². The molecule has 204 valence electrons. The zero-order valence-corrected chi connectivity index (χ0v) is 22.7. The average molecular weight is 552 g/mol. The molecular weight excluding hydrogens is 521 g/mol. The maximum atomic E-state index is 14.7. The van der Waals surface area contributed by atoms with Crippen LogP contribution in [-0.2, 0) is 32.6 Å². The minimum atomic E-state index is -4.28. The molecule has 0 aromatic heterocycles. The molecule has 8 nitrogen and oxygen atoms in total. The SMILES string of the molecule is CC(C)(C)NC(=O)C(Cc1ccccc1)N(Cc1ccccc1F)C(=O)CN1C(=O)c2ccccc2S1(=O)=O. The van der Waals surface area contributed by atoms with Crippen molar-refractivity contribution in [1.82, 2.24) is 14.5 Å². The molecule has 0 saturated carbocycles. The summed E-state index contributed by atoms with van der Waals surface area (Å²) >= 11 is 0. The smallest absolute Gasteiger partial charge is 0.269 e. The zero-order valence-electron chi connectivity index (χ0n) is 21.9. The summed E-state index contributed by atoms with van der Waals surface area (Å²) < 4.78 is 41.5. The topological polar surface area (TPSA) is 104 Å². The van der Waals surface area contributed by atoms with Crippen LogP contribution in [0.5, 0.6) is 0 Å². The van der Waals surface area contributed by atoms with E-state index in [0.717, 1.165) is 10.5 Å². The molecule has 1 N–H and O–H groups in total. The second kappa shape index (κ2) is 11.0. The predicted octanol–water partition coefficient (Wildman–Crippen LogP) is 3.53. The summed E-state index contributed by atoms with van der Waals surface area (Å²) in [6, 6.07) is 19.4. The molecular formula is C29H30FN3O5S. The summed E-state index contributed by atoms with van der Waals surface area (Å²) in [5.41, 5.74) is 0.216. The number of nitrogens with zero attached hydrogens (tertiary/aromatic N) is 2. The number of carbonyl (C=O) groups excluding carboxylic acids is 3. The molecule has 3 amide bonds. The van der Waals surface area contributed by atoms with E-state index in [2.05, 4.69) is 5.32 Å². The Morgan fingerprint density at radius 1 is 0.949 bits per heavy atom. The van der Waals surface area contributed by atoms with E-state index in [-0.39, 0.29) is 29.0 Å². The second-order valence-corrected chi connectivity index (χ2v) is 12.2. The van der Waals surface area contributed by atoms with E-state index in [1.54, 1.807) is 51.1 Å². The lowest BCUT2D eigenvalue weighted by molar-refractivity contribution is -0.141. The Bertz CT molecular complexity index is 1500. The van der Waals surface area contributed by atoms with Crippen molar-refractivity contribution >= 4 is 27.7 Å². The molecule has 4 rings (SSSR count). The van der Waals surface area contributed by atoms with E-state index < -0.39 is 51.7 Å². The summed E-state index contributed by atoms with van der Waals surface area (Å²) in [7, 11) is -4.28. The van der Waals surface area contributed by atoms with E-state index in [1.165, 1.54) is 42.5 Å². The molecule has 0 spiro atoms. The molecule has 0 aliphatic carbocycles. The van der Waals surface area contributed by atoms with E-state index in [1.807, 2.05) is 6.07 Å². The van der Waals surface area contributed by atoms with Gasteiger partial charge in [-0.3, -0.25) is 14.4 Å². The van der Waals surface area contributed by atoms with Gasteiger partial charge in [0.1, 0.15) is 23.3 Å². The van der Waals surface area contributed by atoms with Crippen LogP contribution < -0.4 is 5.32 Å². The maximum Gasteiger partial charge on any atom is 0.269 e. The first-order chi connectivity index (χ1) is 18.4.